The molecular weight excluding hydrogens is 284 g/mol. The molecule has 0 aliphatic heterocycles. The molecule has 114 valence electrons. The summed E-state index contributed by atoms with van der Waals surface area (Å²) in [6.45, 7) is 0. The number of carbonyl (C=O) groups excluding carboxylic acids is 1. The van der Waals surface area contributed by atoms with E-state index in [0.29, 0.717) is 10.0 Å². The molecule has 0 saturated heterocycles. The van der Waals surface area contributed by atoms with Gasteiger partial charge in [-0.2, -0.15) is 0 Å². The van der Waals surface area contributed by atoms with Gasteiger partial charge in [0.2, 0.25) is 0 Å². The van der Waals surface area contributed by atoms with Crippen molar-refractivity contribution in [3.05, 3.63) is 64.2 Å². The number of nitro benzene ring substituents is 1. The molecular formula is C16H17N2O4+. The number of hydrogen-bond acceptors (Lipinski definition) is 4. The maximum Gasteiger partial charge on any atom is 0.343 e. The maximum absolute atomic E-state index is 12.0. The molecule has 0 saturated carbocycles. The van der Waals surface area contributed by atoms with E-state index < -0.39 is 10.9 Å². The molecule has 0 fully saturated rings. The second-order valence-electron chi connectivity index (χ2n) is 5.70. The van der Waals surface area contributed by atoms with Gasteiger partial charge in [0, 0.05) is 12.1 Å². The third-order valence-corrected chi connectivity index (χ3v) is 3.14. The quantitative estimate of drug-likeness (QED) is 0.286. The molecule has 0 heterocycles. The van der Waals surface area contributed by atoms with Gasteiger partial charge in [-0.1, -0.05) is 0 Å². The fourth-order valence-electron chi connectivity index (χ4n) is 1.85. The summed E-state index contributed by atoms with van der Waals surface area (Å²) in [6.07, 6.45) is 0. The lowest BCUT2D eigenvalue weighted by molar-refractivity contribution is -0.384. The fourth-order valence-corrected chi connectivity index (χ4v) is 1.85. The van der Waals surface area contributed by atoms with Crippen molar-refractivity contribution in [3.63, 3.8) is 0 Å². The number of rotatable bonds is 4. The molecule has 2 rings (SSSR count). The van der Waals surface area contributed by atoms with Crippen LogP contribution in [0.15, 0.2) is 48.5 Å². The van der Waals surface area contributed by atoms with Crippen LogP contribution >= 0.6 is 0 Å². The number of nitrogens with zero attached hydrogens (tertiary/aromatic N) is 2. The summed E-state index contributed by atoms with van der Waals surface area (Å²) >= 11 is 0. The molecule has 22 heavy (non-hydrogen) atoms. The number of benzene rings is 2. The number of nitro groups is 1. The van der Waals surface area contributed by atoms with Crippen LogP contribution < -0.4 is 9.22 Å². The van der Waals surface area contributed by atoms with Gasteiger partial charge in [-0.25, -0.2) is 4.79 Å². The minimum Gasteiger partial charge on any atom is -0.423 e. The average Bonchev–Trinajstić information content (AvgIpc) is 2.47. The highest BCUT2D eigenvalue weighted by Crippen LogP contribution is 2.20. The van der Waals surface area contributed by atoms with Crippen LogP contribution in [-0.2, 0) is 0 Å². The van der Waals surface area contributed by atoms with E-state index in [4.69, 9.17) is 4.74 Å². The van der Waals surface area contributed by atoms with Gasteiger partial charge in [0.25, 0.3) is 5.69 Å². The highest BCUT2D eigenvalue weighted by Gasteiger charge is 2.14. The molecule has 0 N–H and O–H groups in total. The van der Waals surface area contributed by atoms with Gasteiger partial charge in [-0.3, -0.25) is 14.6 Å². The smallest absolute Gasteiger partial charge is 0.343 e. The Bertz CT molecular complexity index is 686. The van der Waals surface area contributed by atoms with Gasteiger partial charge in [0.05, 0.1) is 31.6 Å². The molecule has 0 amide bonds. The van der Waals surface area contributed by atoms with E-state index >= 15 is 0 Å². The van der Waals surface area contributed by atoms with E-state index in [-0.39, 0.29) is 11.4 Å². The van der Waals surface area contributed by atoms with E-state index in [0.717, 1.165) is 5.69 Å². The van der Waals surface area contributed by atoms with E-state index in [9.17, 15) is 14.9 Å². The zero-order valence-corrected chi connectivity index (χ0v) is 12.6. The Morgan fingerprint density at radius 3 is 2.00 bits per heavy atom. The lowest BCUT2D eigenvalue weighted by Crippen LogP contribution is -2.34. The van der Waals surface area contributed by atoms with Crippen molar-refractivity contribution >= 4 is 17.3 Å². The molecule has 2 aromatic carbocycles. The Hall–Kier alpha value is -2.73. The molecule has 0 aliphatic rings. The summed E-state index contributed by atoms with van der Waals surface area (Å²) in [6, 6.07) is 12.5. The van der Waals surface area contributed by atoms with Crippen LogP contribution in [0.1, 0.15) is 10.4 Å². The van der Waals surface area contributed by atoms with Gasteiger partial charge in [0.15, 0.2) is 0 Å². The summed E-state index contributed by atoms with van der Waals surface area (Å²) in [5, 5.41) is 10.6. The minimum atomic E-state index is -0.505. The Morgan fingerprint density at radius 2 is 1.55 bits per heavy atom. The predicted molar refractivity (Wildman–Crippen MR) is 84.1 cm³/mol. The van der Waals surface area contributed by atoms with Gasteiger partial charge >= 0.3 is 5.97 Å². The van der Waals surface area contributed by atoms with Crippen molar-refractivity contribution in [2.75, 3.05) is 21.1 Å². The molecule has 0 aromatic heterocycles. The van der Waals surface area contributed by atoms with E-state index in [1.165, 1.54) is 24.3 Å². The van der Waals surface area contributed by atoms with Crippen molar-refractivity contribution in [1.82, 2.24) is 4.48 Å². The number of quaternary nitrogens is 1. The van der Waals surface area contributed by atoms with Crippen molar-refractivity contribution in [2.45, 2.75) is 0 Å². The lowest BCUT2D eigenvalue weighted by Gasteiger charge is -2.23. The first kappa shape index (κ1) is 15.7. The maximum atomic E-state index is 12.0. The Balaban J connectivity index is 2.10. The molecule has 6 heteroatoms. The van der Waals surface area contributed by atoms with Gasteiger partial charge in [0.1, 0.15) is 11.4 Å². The number of carbonyl (C=O) groups is 1. The standard InChI is InChI=1S/C16H17N2O4/c1-18(2,3)14-8-4-12(5-9-14)16(19)22-15-10-6-13(7-11-15)17(20)21/h4-11H,1-3H3/q+1. The fraction of sp³-hybridized carbons (Fsp3) is 0.188. The topological polar surface area (TPSA) is 69.4 Å². The third-order valence-electron chi connectivity index (χ3n) is 3.14. The molecule has 0 aliphatic carbocycles. The highest BCUT2D eigenvalue weighted by molar-refractivity contribution is 5.91. The third kappa shape index (κ3) is 3.67. The number of ether oxygens (including phenoxy) is 1. The van der Waals surface area contributed by atoms with E-state index in [2.05, 4.69) is 0 Å². The number of esters is 1. The van der Waals surface area contributed by atoms with Crippen LogP contribution in [0.4, 0.5) is 11.4 Å². The summed E-state index contributed by atoms with van der Waals surface area (Å²) < 4.78 is 5.84. The van der Waals surface area contributed by atoms with Gasteiger partial charge in [-0.15, -0.1) is 0 Å². The van der Waals surface area contributed by atoms with Crippen LogP contribution in [0.2, 0.25) is 0 Å². The number of hydrogen-bond donors (Lipinski definition) is 0. The normalized spacial score (nSPS) is 11.0. The first-order valence-electron chi connectivity index (χ1n) is 6.66. The first-order valence-corrected chi connectivity index (χ1v) is 6.66. The van der Waals surface area contributed by atoms with Crippen molar-refractivity contribution in [2.24, 2.45) is 0 Å². The van der Waals surface area contributed by atoms with Crippen molar-refractivity contribution in [1.29, 1.82) is 0 Å². The van der Waals surface area contributed by atoms with Gasteiger partial charge in [-0.05, 0) is 36.4 Å². The van der Waals surface area contributed by atoms with Crippen LogP contribution in [0, 0.1) is 10.1 Å². The van der Waals surface area contributed by atoms with Crippen LogP contribution in [0.3, 0.4) is 0 Å². The molecule has 6 nitrogen and oxygen atoms in total. The van der Waals surface area contributed by atoms with Crippen molar-refractivity contribution < 1.29 is 14.5 Å². The molecule has 0 radical (unpaired) electrons. The largest absolute Gasteiger partial charge is 0.423 e. The Labute approximate surface area is 128 Å². The van der Waals surface area contributed by atoms with Crippen LogP contribution in [0.25, 0.3) is 0 Å². The van der Waals surface area contributed by atoms with Crippen LogP contribution in [0.5, 0.6) is 5.75 Å². The second kappa shape index (κ2) is 5.95. The SMILES string of the molecule is C[N+](C)(C)c1ccc(C(=O)Oc2ccc([N+](=O)[O-])cc2)cc1. The molecule has 0 spiro atoms. The van der Waals surface area contributed by atoms with E-state index in [1.807, 2.05) is 33.3 Å². The summed E-state index contributed by atoms with van der Waals surface area (Å²) in [4.78, 5) is 22.1. The monoisotopic (exact) mass is 301 g/mol. The Kier molecular flexibility index (Phi) is 4.23. The summed E-state index contributed by atoms with van der Waals surface area (Å²) in [5.74, 6) is -0.229. The Morgan fingerprint density at radius 1 is 1.00 bits per heavy atom. The first-order chi connectivity index (χ1) is 10.3. The zero-order chi connectivity index (χ0) is 16.3. The number of non-ortho nitro benzene ring substituents is 1. The molecule has 2 aromatic rings. The average molecular weight is 301 g/mol. The summed E-state index contributed by atoms with van der Waals surface area (Å²) in [5.41, 5.74) is 1.44. The van der Waals surface area contributed by atoms with Crippen LogP contribution in [-0.4, -0.2) is 32.0 Å². The zero-order valence-electron chi connectivity index (χ0n) is 12.6. The summed E-state index contributed by atoms with van der Waals surface area (Å²) in [7, 11) is 6.10. The predicted octanol–water partition coefficient (Wildman–Crippen LogP) is 3.01. The minimum absolute atomic E-state index is 0.0490. The molecule has 0 unspecified atom stereocenters. The second-order valence-corrected chi connectivity index (χ2v) is 5.70. The van der Waals surface area contributed by atoms with Gasteiger partial charge < -0.3 is 4.74 Å². The van der Waals surface area contributed by atoms with E-state index in [1.54, 1.807) is 12.1 Å². The van der Waals surface area contributed by atoms with Crippen molar-refractivity contribution in [3.8, 4) is 5.75 Å². The lowest BCUT2D eigenvalue weighted by atomic mass is 10.2. The molecule has 0 atom stereocenters. The molecule has 0 bridgehead atoms. The highest BCUT2D eigenvalue weighted by atomic mass is 16.6.